The van der Waals surface area contributed by atoms with Crippen molar-refractivity contribution in [1.82, 2.24) is 4.90 Å². The van der Waals surface area contributed by atoms with E-state index in [1.807, 2.05) is 0 Å². The van der Waals surface area contributed by atoms with E-state index in [2.05, 4.69) is 11.7 Å². The van der Waals surface area contributed by atoms with Gasteiger partial charge >= 0.3 is 12.1 Å². The summed E-state index contributed by atoms with van der Waals surface area (Å²) in [6, 6.07) is -0.192. The average molecular weight is 253 g/mol. The largest absolute Gasteiger partial charge is 0.465 e. The van der Waals surface area contributed by atoms with Crippen molar-refractivity contribution in [1.29, 1.82) is 0 Å². The van der Waals surface area contributed by atoms with Crippen LogP contribution in [0.3, 0.4) is 0 Å². The number of unbranched alkanes of at least 4 members (excludes halogenated alkanes) is 2. The van der Waals surface area contributed by atoms with Crippen LogP contribution in [0.4, 0.5) is 4.79 Å². The van der Waals surface area contributed by atoms with E-state index in [-0.39, 0.29) is 11.6 Å². The van der Waals surface area contributed by atoms with Gasteiger partial charge in [0.2, 0.25) is 0 Å². The summed E-state index contributed by atoms with van der Waals surface area (Å²) >= 11 is 0. The molecule has 0 spiro atoms. The molecule has 0 aromatic heterocycles. The van der Waals surface area contributed by atoms with E-state index in [4.69, 9.17) is 5.11 Å². The third kappa shape index (κ3) is 3.61. The van der Waals surface area contributed by atoms with Gasteiger partial charge in [-0.25, -0.2) is 9.59 Å². The topological polar surface area (TPSA) is 66.8 Å². The highest BCUT2D eigenvalue weighted by Crippen LogP contribution is 2.19. The molecule has 1 amide bonds. The van der Waals surface area contributed by atoms with Gasteiger partial charge in [0.05, 0.1) is 18.7 Å². The zero-order valence-electron chi connectivity index (χ0n) is 10.8. The molecule has 0 bridgehead atoms. The Kier molecular flexibility index (Phi) is 5.42. The number of nitrogens with zero attached hydrogens (tertiary/aromatic N) is 1. The molecular formula is C13H19NO4. The maximum absolute atomic E-state index is 11.3. The Morgan fingerprint density at radius 3 is 2.72 bits per heavy atom. The van der Waals surface area contributed by atoms with Crippen LogP contribution < -0.4 is 0 Å². The Hall–Kier alpha value is -1.78. The molecular weight excluding hydrogens is 234 g/mol. The number of ether oxygens (including phenoxy) is 1. The summed E-state index contributed by atoms with van der Waals surface area (Å²) in [4.78, 5) is 23.7. The zero-order valence-corrected chi connectivity index (χ0v) is 10.8. The van der Waals surface area contributed by atoms with Gasteiger partial charge in [0.25, 0.3) is 0 Å². The lowest BCUT2D eigenvalue weighted by Crippen LogP contribution is -2.36. The van der Waals surface area contributed by atoms with Gasteiger partial charge in [0.1, 0.15) is 0 Å². The molecule has 18 heavy (non-hydrogen) atoms. The van der Waals surface area contributed by atoms with Crippen molar-refractivity contribution < 1.29 is 19.4 Å². The highest BCUT2D eigenvalue weighted by molar-refractivity contribution is 5.92. The van der Waals surface area contributed by atoms with Crippen LogP contribution in [0.2, 0.25) is 0 Å². The van der Waals surface area contributed by atoms with Crippen LogP contribution >= 0.6 is 0 Å². The molecule has 0 radical (unpaired) electrons. The predicted octanol–water partition coefficient (Wildman–Crippen LogP) is 2.54. The Bertz CT molecular complexity index is 373. The van der Waals surface area contributed by atoms with Gasteiger partial charge in [-0.15, -0.1) is 0 Å². The summed E-state index contributed by atoms with van der Waals surface area (Å²) in [5.74, 6) is -0.524. The second-order valence-corrected chi connectivity index (χ2v) is 4.19. The molecule has 1 unspecified atom stereocenters. The number of rotatable bonds is 5. The van der Waals surface area contributed by atoms with Gasteiger partial charge in [0.15, 0.2) is 0 Å². The first-order valence-electron chi connectivity index (χ1n) is 6.09. The van der Waals surface area contributed by atoms with Gasteiger partial charge in [0, 0.05) is 6.20 Å². The number of hydrogen-bond acceptors (Lipinski definition) is 3. The van der Waals surface area contributed by atoms with Crippen LogP contribution in [-0.2, 0) is 9.53 Å². The van der Waals surface area contributed by atoms with Crippen molar-refractivity contribution in [2.24, 2.45) is 0 Å². The summed E-state index contributed by atoms with van der Waals surface area (Å²) in [5.41, 5.74) is 0.256. The summed E-state index contributed by atoms with van der Waals surface area (Å²) in [7, 11) is 1.27. The molecule has 5 nitrogen and oxygen atoms in total. The van der Waals surface area contributed by atoms with Crippen LogP contribution in [0.1, 0.15) is 32.6 Å². The lowest BCUT2D eigenvalue weighted by molar-refractivity contribution is -0.135. The SMILES string of the molecule is CCCCCC1C=CC(C(=O)OC)=CN1C(=O)O. The van der Waals surface area contributed by atoms with E-state index < -0.39 is 12.1 Å². The lowest BCUT2D eigenvalue weighted by atomic mass is 10.0. The molecule has 5 heteroatoms. The van der Waals surface area contributed by atoms with Gasteiger partial charge in [-0.05, 0) is 12.5 Å². The Balaban J connectivity index is 2.73. The Morgan fingerprint density at radius 2 is 2.17 bits per heavy atom. The van der Waals surface area contributed by atoms with Gasteiger partial charge in [-0.3, -0.25) is 4.90 Å². The number of hydrogen-bond donors (Lipinski definition) is 1. The highest BCUT2D eigenvalue weighted by Gasteiger charge is 2.24. The smallest absolute Gasteiger partial charge is 0.411 e. The first-order chi connectivity index (χ1) is 8.60. The van der Waals surface area contributed by atoms with Crippen LogP contribution in [0.25, 0.3) is 0 Å². The predicted molar refractivity (Wildman–Crippen MR) is 67.0 cm³/mol. The van der Waals surface area contributed by atoms with Crippen LogP contribution in [-0.4, -0.2) is 35.2 Å². The van der Waals surface area contributed by atoms with Crippen LogP contribution in [0.15, 0.2) is 23.9 Å². The molecule has 1 atom stereocenters. The van der Waals surface area contributed by atoms with Crippen LogP contribution in [0.5, 0.6) is 0 Å². The molecule has 0 aliphatic carbocycles. The lowest BCUT2D eigenvalue weighted by Gasteiger charge is -2.27. The fourth-order valence-corrected chi connectivity index (χ4v) is 1.87. The number of amides is 1. The summed E-state index contributed by atoms with van der Waals surface area (Å²) < 4.78 is 4.57. The molecule has 1 rings (SSSR count). The third-order valence-corrected chi connectivity index (χ3v) is 2.88. The minimum absolute atomic E-state index is 0.192. The Morgan fingerprint density at radius 1 is 1.44 bits per heavy atom. The summed E-state index contributed by atoms with van der Waals surface area (Å²) in [6.07, 6.45) is 7.56. The van der Waals surface area contributed by atoms with E-state index in [1.54, 1.807) is 12.2 Å². The molecule has 1 aliphatic rings. The maximum Gasteiger partial charge on any atom is 0.411 e. The molecule has 1 N–H and O–H groups in total. The van der Waals surface area contributed by atoms with Crippen molar-refractivity contribution in [3.8, 4) is 0 Å². The van der Waals surface area contributed by atoms with E-state index in [9.17, 15) is 9.59 Å². The first kappa shape index (κ1) is 14.3. The van der Waals surface area contributed by atoms with E-state index in [0.717, 1.165) is 25.7 Å². The molecule has 0 aromatic carbocycles. The van der Waals surface area contributed by atoms with Crippen molar-refractivity contribution in [3.05, 3.63) is 23.9 Å². The van der Waals surface area contributed by atoms with E-state index in [1.165, 1.54) is 18.2 Å². The van der Waals surface area contributed by atoms with Crippen molar-refractivity contribution in [2.75, 3.05) is 7.11 Å². The van der Waals surface area contributed by atoms with Gasteiger partial charge < -0.3 is 9.84 Å². The third-order valence-electron chi connectivity index (χ3n) is 2.88. The van der Waals surface area contributed by atoms with Crippen molar-refractivity contribution in [2.45, 2.75) is 38.6 Å². The molecule has 0 saturated heterocycles. The van der Waals surface area contributed by atoms with Gasteiger partial charge in [-0.1, -0.05) is 32.3 Å². The van der Waals surface area contributed by atoms with Crippen LogP contribution in [0, 0.1) is 0 Å². The minimum Gasteiger partial charge on any atom is -0.465 e. The number of esters is 1. The second kappa shape index (κ2) is 6.83. The summed E-state index contributed by atoms with van der Waals surface area (Å²) in [6.45, 7) is 2.10. The zero-order chi connectivity index (χ0) is 13.5. The van der Waals surface area contributed by atoms with E-state index in [0.29, 0.717) is 0 Å². The quantitative estimate of drug-likeness (QED) is 0.604. The fraction of sp³-hybridized carbons (Fsp3) is 0.538. The average Bonchev–Trinajstić information content (AvgIpc) is 2.38. The molecule has 1 heterocycles. The molecule has 100 valence electrons. The highest BCUT2D eigenvalue weighted by atomic mass is 16.5. The number of carbonyl (C=O) groups is 2. The standard InChI is InChI=1S/C13H19NO4/c1-3-4-5-6-11-8-7-10(12(15)18-2)9-14(11)13(16)17/h7-9,11H,3-6H2,1-2H3,(H,16,17). The summed E-state index contributed by atoms with van der Waals surface area (Å²) in [5, 5.41) is 9.13. The van der Waals surface area contributed by atoms with Crippen molar-refractivity contribution in [3.63, 3.8) is 0 Å². The number of carboxylic acid groups (broad SMARTS) is 1. The molecule has 0 saturated carbocycles. The maximum atomic E-state index is 11.3. The normalized spacial score (nSPS) is 18.4. The molecule has 1 aliphatic heterocycles. The molecule has 0 fully saturated rings. The Labute approximate surface area is 107 Å². The second-order valence-electron chi connectivity index (χ2n) is 4.19. The first-order valence-corrected chi connectivity index (χ1v) is 6.09. The molecule has 0 aromatic rings. The van der Waals surface area contributed by atoms with Gasteiger partial charge in [-0.2, -0.15) is 0 Å². The van der Waals surface area contributed by atoms with Crippen molar-refractivity contribution >= 4 is 12.1 Å². The number of carbonyl (C=O) groups excluding carboxylic acids is 1. The fourth-order valence-electron chi connectivity index (χ4n) is 1.87. The minimum atomic E-state index is -1.05. The monoisotopic (exact) mass is 253 g/mol. The number of methoxy groups -OCH3 is 1. The van der Waals surface area contributed by atoms with E-state index >= 15 is 0 Å².